The van der Waals surface area contributed by atoms with Crippen molar-refractivity contribution in [2.45, 2.75) is 6.92 Å². The van der Waals surface area contributed by atoms with Crippen molar-refractivity contribution in [3.05, 3.63) is 29.3 Å². The molecule has 0 amide bonds. The summed E-state index contributed by atoms with van der Waals surface area (Å²) in [5, 5.41) is 9.01. The summed E-state index contributed by atoms with van der Waals surface area (Å²) in [4.78, 5) is 22.1. The van der Waals surface area contributed by atoms with E-state index in [4.69, 9.17) is 14.6 Å². The van der Waals surface area contributed by atoms with E-state index >= 15 is 0 Å². The van der Waals surface area contributed by atoms with Crippen molar-refractivity contribution in [1.82, 2.24) is 0 Å². The maximum atomic E-state index is 11.1. The predicted molar refractivity (Wildman–Crippen MR) is 60.8 cm³/mol. The number of Topliss-reactive ketones (excluding diaryl/α,β-unsaturated/α-hetero) is 1. The highest BCUT2D eigenvalue weighted by Gasteiger charge is 2.13. The van der Waals surface area contributed by atoms with Crippen LogP contribution in [-0.2, 0) is 4.74 Å². The number of ketones is 1. The molecule has 1 N–H and O–H groups in total. The van der Waals surface area contributed by atoms with E-state index in [0.717, 1.165) is 0 Å². The molecule has 0 atom stereocenters. The number of carboxylic acids is 1. The Bertz CT molecular complexity index is 425. The van der Waals surface area contributed by atoms with Crippen molar-refractivity contribution < 1.29 is 24.2 Å². The highest BCUT2D eigenvalue weighted by Crippen LogP contribution is 2.20. The quantitative estimate of drug-likeness (QED) is 0.602. The lowest BCUT2D eigenvalue weighted by molar-refractivity contribution is 0.0689. The number of aromatic carboxylic acids is 1. The maximum Gasteiger partial charge on any atom is 0.339 e. The van der Waals surface area contributed by atoms with Crippen LogP contribution in [0, 0.1) is 0 Å². The lowest BCUT2D eigenvalue weighted by Gasteiger charge is -2.09. The van der Waals surface area contributed by atoms with Crippen LogP contribution >= 0.6 is 0 Å². The van der Waals surface area contributed by atoms with E-state index in [9.17, 15) is 9.59 Å². The number of rotatable bonds is 6. The van der Waals surface area contributed by atoms with E-state index in [0.29, 0.717) is 12.2 Å². The Kier molecular flexibility index (Phi) is 4.66. The van der Waals surface area contributed by atoms with Gasteiger partial charge in [0.1, 0.15) is 17.9 Å². The SMILES string of the molecule is COCCOc1ccc(C(C)=O)cc1C(=O)O. The van der Waals surface area contributed by atoms with Gasteiger partial charge in [-0.1, -0.05) is 0 Å². The molecule has 0 aliphatic heterocycles. The van der Waals surface area contributed by atoms with Gasteiger partial charge in [0.05, 0.1) is 6.61 Å². The fourth-order valence-electron chi connectivity index (χ4n) is 1.28. The minimum Gasteiger partial charge on any atom is -0.490 e. The lowest BCUT2D eigenvalue weighted by atomic mass is 10.1. The number of benzene rings is 1. The summed E-state index contributed by atoms with van der Waals surface area (Å²) in [6.45, 7) is 2.01. The first kappa shape index (κ1) is 13.2. The van der Waals surface area contributed by atoms with Crippen LogP contribution < -0.4 is 4.74 Å². The van der Waals surface area contributed by atoms with Crippen molar-refractivity contribution >= 4 is 11.8 Å². The molecule has 1 aromatic carbocycles. The van der Waals surface area contributed by atoms with Crippen LogP contribution in [-0.4, -0.2) is 37.2 Å². The van der Waals surface area contributed by atoms with Gasteiger partial charge in [0, 0.05) is 12.7 Å². The number of carbonyl (C=O) groups excluding carboxylic acids is 1. The summed E-state index contributed by atoms with van der Waals surface area (Å²) in [7, 11) is 1.53. The van der Waals surface area contributed by atoms with E-state index in [-0.39, 0.29) is 23.7 Å². The molecule has 92 valence electrons. The summed E-state index contributed by atoms with van der Waals surface area (Å²) in [6, 6.07) is 4.33. The van der Waals surface area contributed by atoms with Crippen LogP contribution in [0.5, 0.6) is 5.75 Å². The minimum atomic E-state index is -1.12. The van der Waals surface area contributed by atoms with Gasteiger partial charge in [-0.3, -0.25) is 4.79 Å². The molecule has 0 saturated heterocycles. The molecule has 5 nitrogen and oxygen atoms in total. The minimum absolute atomic E-state index is 0.0196. The van der Waals surface area contributed by atoms with Gasteiger partial charge in [0.2, 0.25) is 0 Å². The molecule has 0 aliphatic rings. The first-order chi connectivity index (χ1) is 8.06. The normalized spacial score (nSPS) is 10.0. The summed E-state index contributed by atoms with van der Waals surface area (Å²) in [6.07, 6.45) is 0. The Balaban J connectivity index is 2.96. The maximum absolute atomic E-state index is 11.1. The molecule has 0 saturated carbocycles. The Morgan fingerprint density at radius 2 is 2.00 bits per heavy atom. The van der Waals surface area contributed by atoms with Crippen molar-refractivity contribution in [3.8, 4) is 5.75 Å². The number of carboxylic acid groups (broad SMARTS) is 1. The second-order valence-electron chi connectivity index (χ2n) is 3.41. The smallest absolute Gasteiger partial charge is 0.339 e. The van der Waals surface area contributed by atoms with Crippen molar-refractivity contribution in [3.63, 3.8) is 0 Å². The van der Waals surface area contributed by atoms with Gasteiger partial charge in [0.25, 0.3) is 0 Å². The molecule has 1 aromatic rings. The monoisotopic (exact) mass is 238 g/mol. The van der Waals surface area contributed by atoms with Crippen LogP contribution in [0.25, 0.3) is 0 Å². The van der Waals surface area contributed by atoms with Crippen LogP contribution in [0.3, 0.4) is 0 Å². The fraction of sp³-hybridized carbons (Fsp3) is 0.333. The Morgan fingerprint density at radius 3 is 2.53 bits per heavy atom. The molecule has 5 heteroatoms. The van der Waals surface area contributed by atoms with Crippen LogP contribution in [0.2, 0.25) is 0 Å². The number of methoxy groups -OCH3 is 1. The third kappa shape index (κ3) is 3.57. The molecule has 0 heterocycles. The molecular weight excluding hydrogens is 224 g/mol. The predicted octanol–water partition coefficient (Wildman–Crippen LogP) is 1.61. The van der Waals surface area contributed by atoms with Gasteiger partial charge in [0.15, 0.2) is 5.78 Å². The first-order valence-corrected chi connectivity index (χ1v) is 5.06. The summed E-state index contributed by atoms with van der Waals surface area (Å²) in [5.74, 6) is -1.07. The topological polar surface area (TPSA) is 72.8 Å². The number of carbonyl (C=O) groups is 2. The summed E-state index contributed by atoms with van der Waals surface area (Å²) < 4.78 is 10.1. The Morgan fingerprint density at radius 1 is 1.29 bits per heavy atom. The second-order valence-corrected chi connectivity index (χ2v) is 3.41. The Hall–Kier alpha value is -1.88. The fourth-order valence-corrected chi connectivity index (χ4v) is 1.28. The molecule has 0 radical (unpaired) electrons. The van der Waals surface area contributed by atoms with Gasteiger partial charge in [-0.05, 0) is 25.1 Å². The van der Waals surface area contributed by atoms with Crippen molar-refractivity contribution in [2.24, 2.45) is 0 Å². The molecule has 1 rings (SSSR count). The van der Waals surface area contributed by atoms with E-state index in [1.807, 2.05) is 0 Å². The summed E-state index contributed by atoms with van der Waals surface area (Å²) >= 11 is 0. The molecule has 0 aliphatic carbocycles. The molecule has 0 fully saturated rings. The zero-order valence-electron chi connectivity index (χ0n) is 9.73. The third-order valence-corrected chi connectivity index (χ3v) is 2.16. The van der Waals surface area contributed by atoms with Gasteiger partial charge in [-0.15, -0.1) is 0 Å². The van der Waals surface area contributed by atoms with Gasteiger partial charge < -0.3 is 14.6 Å². The molecular formula is C12H14O5. The molecule has 0 spiro atoms. The number of hydrogen-bond donors (Lipinski definition) is 1. The average Bonchev–Trinajstić information content (AvgIpc) is 2.29. The first-order valence-electron chi connectivity index (χ1n) is 5.06. The van der Waals surface area contributed by atoms with Gasteiger partial charge in [-0.25, -0.2) is 4.79 Å². The van der Waals surface area contributed by atoms with Crippen LogP contribution in [0.15, 0.2) is 18.2 Å². The highest BCUT2D eigenvalue weighted by molar-refractivity contribution is 5.98. The largest absolute Gasteiger partial charge is 0.490 e. The Labute approximate surface area is 99.0 Å². The van der Waals surface area contributed by atoms with E-state index in [1.54, 1.807) is 0 Å². The second kappa shape index (κ2) is 6.00. The number of ether oxygens (including phenoxy) is 2. The zero-order valence-corrected chi connectivity index (χ0v) is 9.73. The number of hydrogen-bond acceptors (Lipinski definition) is 4. The molecule has 17 heavy (non-hydrogen) atoms. The zero-order chi connectivity index (χ0) is 12.8. The van der Waals surface area contributed by atoms with E-state index in [2.05, 4.69) is 0 Å². The van der Waals surface area contributed by atoms with Crippen molar-refractivity contribution in [2.75, 3.05) is 20.3 Å². The lowest BCUT2D eigenvalue weighted by Crippen LogP contribution is -2.09. The van der Waals surface area contributed by atoms with Crippen LogP contribution in [0.4, 0.5) is 0 Å². The molecule has 0 unspecified atom stereocenters. The average molecular weight is 238 g/mol. The van der Waals surface area contributed by atoms with Crippen molar-refractivity contribution in [1.29, 1.82) is 0 Å². The summed E-state index contributed by atoms with van der Waals surface area (Å²) in [5.41, 5.74) is 0.329. The van der Waals surface area contributed by atoms with Crippen LogP contribution in [0.1, 0.15) is 27.6 Å². The van der Waals surface area contributed by atoms with E-state index < -0.39 is 5.97 Å². The molecule has 0 aromatic heterocycles. The van der Waals surface area contributed by atoms with Gasteiger partial charge in [-0.2, -0.15) is 0 Å². The van der Waals surface area contributed by atoms with E-state index in [1.165, 1.54) is 32.2 Å². The third-order valence-electron chi connectivity index (χ3n) is 2.16. The highest BCUT2D eigenvalue weighted by atomic mass is 16.5. The molecule has 0 bridgehead atoms. The standard InChI is InChI=1S/C12H14O5/c1-8(13)9-3-4-11(17-6-5-16-2)10(7-9)12(14)15/h3-4,7H,5-6H2,1-2H3,(H,14,15). The van der Waals surface area contributed by atoms with Gasteiger partial charge >= 0.3 is 5.97 Å².